The van der Waals surface area contributed by atoms with E-state index in [-0.39, 0.29) is 0 Å². The molecular formula is C16H14O4S4. The van der Waals surface area contributed by atoms with Crippen molar-refractivity contribution in [2.75, 3.05) is 37.2 Å². The van der Waals surface area contributed by atoms with E-state index in [9.17, 15) is 9.59 Å². The molecule has 0 aromatic heterocycles. The van der Waals surface area contributed by atoms with Gasteiger partial charge < -0.3 is 9.47 Å². The van der Waals surface area contributed by atoms with Crippen LogP contribution < -0.4 is 0 Å². The Morgan fingerprint density at radius 1 is 0.750 bits per heavy atom. The van der Waals surface area contributed by atoms with Crippen molar-refractivity contribution in [2.24, 2.45) is 0 Å². The average molecular weight is 399 g/mol. The van der Waals surface area contributed by atoms with Gasteiger partial charge in [0.25, 0.3) is 0 Å². The fourth-order valence-corrected chi connectivity index (χ4v) is 6.53. The van der Waals surface area contributed by atoms with E-state index < -0.39 is 11.9 Å². The van der Waals surface area contributed by atoms with E-state index in [2.05, 4.69) is 23.7 Å². The number of ether oxygens (including phenoxy) is 2. The molecule has 0 saturated carbocycles. The predicted octanol–water partition coefficient (Wildman–Crippen LogP) is 2.72. The maximum absolute atomic E-state index is 11.8. The first-order valence-electron chi connectivity index (χ1n) is 6.85. The van der Waals surface area contributed by atoms with Gasteiger partial charge in [-0.2, -0.15) is 0 Å². The number of carbonyl (C=O) groups is 2. The average Bonchev–Trinajstić information content (AvgIpc) is 3.30. The van der Waals surface area contributed by atoms with Crippen molar-refractivity contribution in [3.8, 4) is 23.7 Å². The molecule has 0 unspecified atom stereocenters. The van der Waals surface area contributed by atoms with Gasteiger partial charge in [-0.05, 0) is 23.7 Å². The van der Waals surface area contributed by atoms with Gasteiger partial charge in [-0.1, -0.05) is 0 Å². The number of carbonyl (C=O) groups excluding carboxylic acids is 2. The van der Waals surface area contributed by atoms with Crippen LogP contribution in [0.4, 0.5) is 0 Å². The number of esters is 2. The first kappa shape index (κ1) is 19.3. The van der Waals surface area contributed by atoms with E-state index in [1.165, 1.54) is 14.2 Å². The molecule has 126 valence electrons. The van der Waals surface area contributed by atoms with Crippen molar-refractivity contribution in [3.05, 3.63) is 19.6 Å². The Morgan fingerprint density at radius 2 is 1.08 bits per heavy atom. The molecule has 2 fully saturated rings. The second kappa shape index (κ2) is 10.0. The molecule has 24 heavy (non-hydrogen) atoms. The van der Waals surface area contributed by atoms with E-state index in [1.54, 1.807) is 47.0 Å². The molecule has 2 rings (SSSR count). The van der Waals surface area contributed by atoms with Crippen LogP contribution >= 0.6 is 47.0 Å². The highest BCUT2D eigenvalue weighted by atomic mass is 32.2. The second-order valence-electron chi connectivity index (χ2n) is 4.20. The van der Waals surface area contributed by atoms with Crippen LogP contribution in [-0.2, 0) is 19.1 Å². The maximum atomic E-state index is 11.8. The van der Waals surface area contributed by atoms with Crippen molar-refractivity contribution >= 4 is 59.0 Å². The summed E-state index contributed by atoms with van der Waals surface area (Å²) in [5.41, 5.74) is 0.660. The summed E-state index contributed by atoms with van der Waals surface area (Å²) in [5.74, 6) is 13.7. The Balaban J connectivity index is 2.26. The van der Waals surface area contributed by atoms with Crippen LogP contribution in [0.15, 0.2) is 19.6 Å². The molecule has 2 aliphatic heterocycles. The molecule has 4 nitrogen and oxygen atoms in total. The second-order valence-corrected chi connectivity index (χ2v) is 9.14. The fourth-order valence-electron chi connectivity index (χ4n) is 1.67. The number of hydrogen-bond donors (Lipinski definition) is 0. The standard InChI is InChI=1S/C16H14O4S4/c1-19-13(17)11(15-21-7-8-22-15)5-3-4-6-12(14(18)20-2)16-23-9-10-24-16/h7-10H2,1-2H3. The minimum atomic E-state index is -0.463. The van der Waals surface area contributed by atoms with Gasteiger partial charge in [-0.25, -0.2) is 9.59 Å². The van der Waals surface area contributed by atoms with Gasteiger partial charge in [0.1, 0.15) is 11.1 Å². The Hall–Kier alpha value is -1.06. The zero-order valence-corrected chi connectivity index (χ0v) is 16.4. The number of thioether (sulfide) groups is 4. The van der Waals surface area contributed by atoms with Crippen molar-refractivity contribution in [1.29, 1.82) is 0 Å². The SMILES string of the molecule is COC(=O)C(C#CC#CC(C(=O)OC)=C1SCCS1)=C1SCCS1. The highest BCUT2D eigenvalue weighted by molar-refractivity contribution is 8.25. The number of hydrogen-bond acceptors (Lipinski definition) is 8. The topological polar surface area (TPSA) is 52.6 Å². The largest absolute Gasteiger partial charge is 0.465 e. The van der Waals surface area contributed by atoms with Gasteiger partial charge >= 0.3 is 11.9 Å². The third kappa shape index (κ3) is 5.22. The molecule has 2 heterocycles. The van der Waals surface area contributed by atoms with E-state index in [0.29, 0.717) is 11.1 Å². The van der Waals surface area contributed by atoms with E-state index in [0.717, 1.165) is 31.5 Å². The summed E-state index contributed by atoms with van der Waals surface area (Å²) >= 11 is 6.35. The first-order valence-corrected chi connectivity index (χ1v) is 10.8. The lowest BCUT2D eigenvalue weighted by Gasteiger charge is -2.01. The van der Waals surface area contributed by atoms with Crippen LogP contribution in [-0.4, -0.2) is 49.2 Å². The molecule has 0 spiro atoms. The number of methoxy groups -OCH3 is 2. The highest BCUT2D eigenvalue weighted by Crippen LogP contribution is 2.39. The smallest absolute Gasteiger partial charge is 0.348 e. The molecule has 2 aliphatic rings. The first-order chi connectivity index (χ1) is 11.7. The van der Waals surface area contributed by atoms with Gasteiger partial charge in [0.05, 0.1) is 22.7 Å². The lowest BCUT2D eigenvalue weighted by molar-refractivity contribution is -0.136. The Morgan fingerprint density at radius 3 is 1.38 bits per heavy atom. The van der Waals surface area contributed by atoms with E-state index in [4.69, 9.17) is 9.47 Å². The van der Waals surface area contributed by atoms with Crippen LogP contribution in [0.2, 0.25) is 0 Å². The van der Waals surface area contributed by atoms with Crippen molar-refractivity contribution in [3.63, 3.8) is 0 Å². The highest BCUT2D eigenvalue weighted by Gasteiger charge is 2.20. The minimum absolute atomic E-state index is 0.330. The zero-order chi connectivity index (χ0) is 17.4. The summed E-state index contributed by atoms with van der Waals surface area (Å²) in [6.45, 7) is 0. The van der Waals surface area contributed by atoms with Crippen LogP contribution in [0, 0.1) is 23.7 Å². The lowest BCUT2D eigenvalue weighted by Crippen LogP contribution is -2.04. The molecule has 8 heteroatoms. The van der Waals surface area contributed by atoms with E-state index in [1.807, 2.05) is 0 Å². The molecule has 0 aromatic carbocycles. The fraction of sp³-hybridized carbons (Fsp3) is 0.375. The summed E-state index contributed by atoms with van der Waals surface area (Å²) in [6.07, 6.45) is 0. The van der Waals surface area contributed by atoms with Crippen molar-refractivity contribution in [2.45, 2.75) is 0 Å². The minimum Gasteiger partial charge on any atom is -0.465 e. The van der Waals surface area contributed by atoms with Crippen LogP contribution in [0.5, 0.6) is 0 Å². The van der Waals surface area contributed by atoms with Crippen LogP contribution in [0.3, 0.4) is 0 Å². The molecule has 0 N–H and O–H groups in total. The predicted molar refractivity (Wildman–Crippen MR) is 103 cm³/mol. The Bertz CT molecular complexity index is 638. The maximum Gasteiger partial charge on any atom is 0.348 e. The normalized spacial score (nSPS) is 15.8. The summed E-state index contributed by atoms with van der Waals surface area (Å²) in [6, 6.07) is 0. The quantitative estimate of drug-likeness (QED) is 0.400. The van der Waals surface area contributed by atoms with Crippen molar-refractivity contribution in [1.82, 2.24) is 0 Å². The van der Waals surface area contributed by atoms with Gasteiger partial charge in [0.15, 0.2) is 0 Å². The lowest BCUT2D eigenvalue weighted by atomic mass is 10.3. The van der Waals surface area contributed by atoms with Gasteiger partial charge in [-0.3, -0.25) is 0 Å². The summed E-state index contributed by atoms with van der Waals surface area (Å²) in [4.78, 5) is 23.7. The van der Waals surface area contributed by atoms with Gasteiger partial charge in [-0.15, -0.1) is 47.0 Å². The zero-order valence-electron chi connectivity index (χ0n) is 13.1. The summed E-state index contributed by atoms with van der Waals surface area (Å²) in [7, 11) is 2.66. The number of rotatable bonds is 2. The summed E-state index contributed by atoms with van der Waals surface area (Å²) < 4.78 is 11.3. The molecule has 0 aliphatic carbocycles. The van der Waals surface area contributed by atoms with Crippen LogP contribution in [0.25, 0.3) is 0 Å². The summed E-state index contributed by atoms with van der Waals surface area (Å²) in [5, 5.41) is 0. The third-order valence-electron chi connectivity index (χ3n) is 2.72. The monoisotopic (exact) mass is 398 g/mol. The van der Waals surface area contributed by atoms with Gasteiger partial charge in [0.2, 0.25) is 0 Å². The molecule has 2 saturated heterocycles. The molecule has 0 bridgehead atoms. The Labute approximate surface area is 158 Å². The molecule has 0 radical (unpaired) electrons. The van der Waals surface area contributed by atoms with E-state index >= 15 is 0 Å². The molecule has 0 atom stereocenters. The van der Waals surface area contributed by atoms with Crippen molar-refractivity contribution < 1.29 is 19.1 Å². The van der Waals surface area contributed by atoms with Crippen LogP contribution in [0.1, 0.15) is 0 Å². The molecule has 0 aromatic rings. The molecule has 0 amide bonds. The molecular weight excluding hydrogens is 384 g/mol. The third-order valence-corrected chi connectivity index (χ3v) is 8.15. The Kier molecular flexibility index (Phi) is 8.07. The van der Waals surface area contributed by atoms with Gasteiger partial charge in [0, 0.05) is 23.0 Å².